The normalized spacial score (nSPS) is 15.3. The molecule has 0 aromatic heterocycles. The molecule has 0 radical (unpaired) electrons. The number of carbonyl (C=O) groups is 1. The number of amides is 1. The Morgan fingerprint density at radius 3 is 2.90 bits per heavy atom. The van der Waals surface area contributed by atoms with Crippen LogP contribution in [0.1, 0.15) is 31.9 Å². The lowest BCUT2D eigenvalue weighted by Crippen LogP contribution is -2.31. The topological polar surface area (TPSA) is 29.1 Å². The van der Waals surface area contributed by atoms with Gasteiger partial charge >= 0.3 is 0 Å². The average molecular weight is 369 g/mol. The predicted molar refractivity (Wildman–Crippen MR) is 84.7 cm³/mol. The van der Waals surface area contributed by atoms with E-state index >= 15 is 0 Å². The molecule has 1 N–H and O–H groups in total. The summed E-state index contributed by atoms with van der Waals surface area (Å²) in [5.41, 5.74) is 2.96. The summed E-state index contributed by atoms with van der Waals surface area (Å²) >= 11 is 9.32. The first kappa shape index (κ1) is 14.5. The number of halogens is 3. The zero-order chi connectivity index (χ0) is 15.0. The quantitative estimate of drug-likeness (QED) is 0.789. The van der Waals surface area contributed by atoms with E-state index in [9.17, 15) is 9.18 Å². The SMILES string of the molecule is O=C1NCCc2ccc(C(Br)c3cccc(Cl)c3F)cc21. The number of fused-ring (bicyclic) bond motifs is 1. The molecular weight excluding hydrogens is 357 g/mol. The maximum Gasteiger partial charge on any atom is 0.251 e. The van der Waals surface area contributed by atoms with E-state index in [0.29, 0.717) is 17.7 Å². The summed E-state index contributed by atoms with van der Waals surface area (Å²) in [7, 11) is 0. The Morgan fingerprint density at radius 1 is 1.29 bits per heavy atom. The van der Waals surface area contributed by atoms with E-state index in [1.807, 2.05) is 18.2 Å². The molecule has 1 amide bonds. The molecule has 0 saturated heterocycles. The number of hydrogen-bond acceptors (Lipinski definition) is 1. The van der Waals surface area contributed by atoms with E-state index in [1.165, 1.54) is 6.07 Å². The van der Waals surface area contributed by atoms with Crippen LogP contribution in [0.25, 0.3) is 0 Å². The number of carbonyl (C=O) groups excluding carboxylic acids is 1. The molecule has 0 fully saturated rings. The van der Waals surface area contributed by atoms with Crippen LogP contribution in [-0.4, -0.2) is 12.5 Å². The van der Waals surface area contributed by atoms with Gasteiger partial charge in [-0.1, -0.05) is 51.8 Å². The van der Waals surface area contributed by atoms with Gasteiger partial charge in [-0.15, -0.1) is 0 Å². The maximum absolute atomic E-state index is 14.1. The Balaban J connectivity index is 2.02. The van der Waals surface area contributed by atoms with Gasteiger partial charge in [0.25, 0.3) is 5.91 Å². The van der Waals surface area contributed by atoms with Crippen molar-refractivity contribution in [1.29, 1.82) is 0 Å². The van der Waals surface area contributed by atoms with Crippen LogP contribution in [0.5, 0.6) is 0 Å². The van der Waals surface area contributed by atoms with Crippen LogP contribution in [0.15, 0.2) is 36.4 Å². The lowest BCUT2D eigenvalue weighted by atomic mass is 9.95. The maximum atomic E-state index is 14.1. The van der Waals surface area contributed by atoms with Crippen LogP contribution in [-0.2, 0) is 6.42 Å². The lowest BCUT2D eigenvalue weighted by Gasteiger charge is -2.19. The molecule has 108 valence electrons. The summed E-state index contributed by atoms with van der Waals surface area (Å²) in [5, 5.41) is 2.91. The van der Waals surface area contributed by atoms with Crippen molar-refractivity contribution < 1.29 is 9.18 Å². The number of hydrogen-bond donors (Lipinski definition) is 1. The molecule has 2 nitrogen and oxygen atoms in total. The van der Waals surface area contributed by atoms with Gasteiger partial charge in [0.05, 0.1) is 9.85 Å². The Hall–Kier alpha value is -1.39. The van der Waals surface area contributed by atoms with Crippen molar-refractivity contribution in [1.82, 2.24) is 5.32 Å². The number of benzene rings is 2. The summed E-state index contributed by atoms with van der Waals surface area (Å²) < 4.78 is 14.1. The summed E-state index contributed by atoms with van der Waals surface area (Å²) in [6, 6.07) is 10.6. The third-order valence-corrected chi connectivity index (χ3v) is 4.92. The molecule has 1 aliphatic rings. The van der Waals surface area contributed by atoms with E-state index in [2.05, 4.69) is 21.2 Å². The molecule has 3 rings (SSSR count). The van der Waals surface area contributed by atoms with Crippen molar-refractivity contribution >= 4 is 33.4 Å². The average Bonchev–Trinajstić information content (AvgIpc) is 2.49. The fraction of sp³-hybridized carbons (Fsp3) is 0.188. The van der Waals surface area contributed by atoms with Crippen molar-refractivity contribution in [3.05, 3.63) is 69.5 Å². The number of alkyl halides is 1. The highest BCUT2D eigenvalue weighted by molar-refractivity contribution is 9.09. The van der Waals surface area contributed by atoms with E-state index in [4.69, 9.17) is 11.6 Å². The molecule has 0 spiro atoms. The van der Waals surface area contributed by atoms with Crippen LogP contribution >= 0.6 is 27.5 Å². The molecule has 0 bridgehead atoms. The minimum atomic E-state index is -0.441. The smallest absolute Gasteiger partial charge is 0.251 e. The Bertz CT molecular complexity index is 719. The van der Waals surface area contributed by atoms with E-state index in [1.54, 1.807) is 12.1 Å². The van der Waals surface area contributed by atoms with E-state index in [0.717, 1.165) is 17.5 Å². The van der Waals surface area contributed by atoms with Crippen LogP contribution in [0.2, 0.25) is 5.02 Å². The molecule has 2 aromatic rings. The molecule has 1 unspecified atom stereocenters. The Labute approximate surface area is 135 Å². The summed E-state index contributed by atoms with van der Waals surface area (Å²) in [4.78, 5) is 11.5. The summed E-state index contributed by atoms with van der Waals surface area (Å²) in [6.07, 6.45) is 0.819. The highest BCUT2D eigenvalue weighted by atomic mass is 79.9. The predicted octanol–water partition coefficient (Wildman–Crippen LogP) is 4.25. The molecule has 2 aromatic carbocycles. The fourth-order valence-corrected chi connectivity index (χ4v) is 3.30. The van der Waals surface area contributed by atoms with E-state index in [-0.39, 0.29) is 15.8 Å². The van der Waals surface area contributed by atoms with Gasteiger partial charge in [-0.2, -0.15) is 0 Å². The standard InChI is InChI=1S/C16H12BrClFNO/c17-14(11-2-1-3-13(18)15(11)19)10-5-4-9-6-7-20-16(21)12(9)8-10/h1-5,8,14H,6-7H2,(H,20,21). The van der Waals surface area contributed by atoms with Crippen LogP contribution < -0.4 is 5.32 Å². The zero-order valence-corrected chi connectivity index (χ0v) is 13.3. The van der Waals surface area contributed by atoms with Gasteiger partial charge in [-0.05, 0) is 29.7 Å². The highest BCUT2D eigenvalue weighted by Crippen LogP contribution is 2.35. The molecule has 1 heterocycles. The van der Waals surface area contributed by atoms with Crippen molar-refractivity contribution in [2.24, 2.45) is 0 Å². The molecule has 1 aliphatic heterocycles. The van der Waals surface area contributed by atoms with Crippen LogP contribution in [0, 0.1) is 5.82 Å². The van der Waals surface area contributed by atoms with Crippen molar-refractivity contribution in [3.8, 4) is 0 Å². The highest BCUT2D eigenvalue weighted by Gasteiger charge is 2.21. The molecule has 21 heavy (non-hydrogen) atoms. The van der Waals surface area contributed by atoms with Crippen LogP contribution in [0.4, 0.5) is 4.39 Å². The van der Waals surface area contributed by atoms with Gasteiger partial charge in [0.15, 0.2) is 0 Å². The first-order valence-corrected chi connectivity index (χ1v) is 7.86. The number of rotatable bonds is 2. The van der Waals surface area contributed by atoms with Gasteiger partial charge in [-0.3, -0.25) is 4.79 Å². The summed E-state index contributed by atoms with van der Waals surface area (Å²) in [6.45, 7) is 0.659. The van der Waals surface area contributed by atoms with Crippen LogP contribution in [0.3, 0.4) is 0 Å². The molecule has 0 aliphatic carbocycles. The molecule has 5 heteroatoms. The zero-order valence-electron chi connectivity index (χ0n) is 11.0. The van der Waals surface area contributed by atoms with Gasteiger partial charge in [0.2, 0.25) is 0 Å². The van der Waals surface area contributed by atoms with Crippen molar-refractivity contribution in [3.63, 3.8) is 0 Å². The third-order valence-electron chi connectivity index (χ3n) is 3.61. The fourth-order valence-electron chi connectivity index (χ4n) is 2.48. The lowest BCUT2D eigenvalue weighted by molar-refractivity contribution is 0.0946. The second-order valence-electron chi connectivity index (χ2n) is 4.93. The molecular formula is C16H12BrClFNO. The Morgan fingerprint density at radius 2 is 2.10 bits per heavy atom. The second-order valence-corrected chi connectivity index (χ2v) is 6.25. The first-order valence-electron chi connectivity index (χ1n) is 6.57. The first-order chi connectivity index (χ1) is 10.1. The molecule has 1 atom stereocenters. The van der Waals surface area contributed by atoms with E-state index < -0.39 is 5.82 Å². The third kappa shape index (κ3) is 2.70. The second kappa shape index (κ2) is 5.78. The van der Waals surface area contributed by atoms with Gasteiger partial charge in [0.1, 0.15) is 5.82 Å². The van der Waals surface area contributed by atoms with Crippen molar-refractivity contribution in [2.75, 3.05) is 6.54 Å². The Kier molecular flexibility index (Phi) is 4.00. The van der Waals surface area contributed by atoms with Gasteiger partial charge in [0, 0.05) is 17.7 Å². The molecule has 0 saturated carbocycles. The van der Waals surface area contributed by atoms with Gasteiger partial charge in [-0.25, -0.2) is 4.39 Å². The summed E-state index contributed by atoms with van der Waals surface area (Å²) in [5.74, 6) is -0.521. The minimum absolute atomic E-state index is 0.0793. The van der Waals surface area contributed by atoms with Gasteiger partial charge < -0.3 is 5.32 Å². The monoisotopic (exact) mass is 367 g/mol. The largest absolute Gasteiger partial charge is 0.352 e. The minimum Gasteiger partial charge on any atom is -0.352 e. The van der Waals surface area contributed by atoms with Crippen molar-refractivity contribution in [2.45, 2.75) is 11.2 Å². The number of nitrogens with one attached hydrogen (secondary N) is 1.